The van der Waals surface area contributed by atoms with Gasteiger partial charge in [0.25, 0.3) is 0 Å². The molecule has 0 bridgehead atoms. The molecule has 1 N–H and O–H groups in total. The van der Waals surface area contributed by atoms with Gasteiger partial charge in [0, 0.05) is 16.5 Å². The molecule has 7 nitrogen and oxygen atoms in total. The molecule has 42 heavy (non-hydrogen) atoms. The predicted molar refractivity (Wildman–Crippen MR) is 167 cm³/mol. The second-order valence-electron chi connectivity index (χ2n) is 11.8. The lowest BCUT2D eigenvalue weighted by Gasteiger charge is -2.31. The van der Waals surface area contributed by atoms with Crippen LogP contribution in [0.4, 0.5) is 11.4 Å². The molecule has 1 aromatic heterocycles. The van der Waals surface area contributed by atoms with Gasteiger partial charge in [0.1, 0.15) is 11.8 Å². The van der Waals surface area contributed by atoms with Crippen LogP contribution in [-0.4, -0.2) is 27.5 Å². The normalized spacial score (nSPS) is 19.9. The summed E-state index contributed by atoms with van der Waals surface area (Å²) in [5, 5.41) is 2.69. The summed E-state index contributed by atoms with van der Waals surface area (Å²) in [5.74, 6) is -2.09. The van der Waals surface area contributed by atoms with E-state index in [1.54, 1.807) is 24.3 Å². The second-order valence-corrected chi connectivity index (χ2v) is 13.9. The highest BCUT2D eigenvalue weighted by molar-refractivity contribution is 8.00. The number of carbonyl (C=O) groups is 3. The van der Waals surface area contributed by atoms with Crippen molar-refractivity contribution in [2.45, 2.75) is 55.8 Å². The van der Waals surface area contributed by atoms with Crippen LogP contribution in [0.15, 0.2) is 88.7 Å². The van der Waals surface area contributed by atoms with Crippen molar-refractivity contribution in [3.63, 3.8) is 0 Å². The quantitative estimate of drug-likeness (QED) is 0.287. The van der Waals surface area contributed by atoms with Crippen molar-refractivity contribution in [2.24, 2.45) is 5.92 Å². The maximum absolute atomic E-state index is 14.1. The van der Waals surface area contributed by atoms with Crippen molar-refractivity contribution >= 4 is 52.2 Å². The van der Waals surface area contributed by atoms with Crippen LogP contribution in [0.25, 0.3) is 0 Å². The van der Waals surface area contributed by atoms with E-state index in [0.29, 0.717) is 21.3 Å². The Labute approximate surface area is 252 Å². The smallest absolute Gasteiger partial charge is 0.308 e. The van der Waals surface area contributed by atoms with Gasteiger partial charge in [-0.25, -0.2) is 4.90 Å². The van der Waals surface area contributed by atoms with Crippen molar-refractivity contribution in [1.82, 2.24) is 4.57 Å². The third kappa shape index (κ3) is 5.01. The summed E-state index contributed by atoms with van der Waals surface area (Å²) in [7, 11) is 0. The van der Waals surface area contributed by atoms with Crippen LogP contribution in [0, 0.1) is 12.8 Å². The number of carbonyl (C=O) groups excluding carboxylic acids is 3. The molecule has 1 fully saturated rings. The Hall–Kier alpha value is -3.95. The number of imide groups is 1. The van der Waals surface area contributed by atoms with E-state index >= 15 is 0 Å². The number of benzene rings is 3. The Morgan fingerprint density at radius 3 is 2.19 bits per heavy atom. The third-order valence-corrected chi connectivity index (χ3v) is 10.4. The first-order valence-electron chi connectivity index (χ1n) is 13.8. The second kappa shape index (κ2) is 10.7. The summed E-state index contributed by atoms with van der Waals surface area (Å²) in [6, 6.07) is 24.5. The van der Waals surface area contributed by atoms with Crippen molar-refractivity contribution < 1.29 is 14.4 Å². The maximum atomic E-state index is 14.1. The Morgan fingerprint density at radius 1 is 0.881 bits per heavy atom. The number of fused-ring (bicyclic) bond motifs is 2. The highest BCUT2D eigenvalue weighted by Crippen LogP contribution is 2.54. The molecule has 0 radical (unpaired) electrons. The first kappa shape index (κ1) is 28.2. The fourth-order valence-corrected chi connectivity index (χ4v) is 8.39. The first-order chi connectivity index (χ1) is 20.0. The van der Waals surface area contributed by atoms with E-state index in [-0.39, 0.29) is 34.6 Å². The summed E-state index contributed by atoms with van der Waals surface area (Å²) >= 11 is 2.28. The fraction of sp³-hybridized carbons (Fsp3) is 0.273. The number of nitrogens with zero attached hydrogens (tertiary/aromatic N) is 2. The third-order valence-electron chi connectivity index (χ3n) is 7.84. The minimum atomic E-state index is -0.726. The summed E-state index contributed by atoms with van der Waals surface area (Å²) in [4.78, 5) is 56.1. The number of hydrogen-bond acceptors (Lipinski definition) is 6. The van der Waals surface area contributed by atoms with Gasteiger partial charge in [0.05, 0.1) is 16.6 Å². The van der Waals surface area contributed by atoms with Gasteiger partial charge in [-0.3, -0.25) is 23.7 Å². The molecule has 0 saturated carbocycles. The topological polar surface area (TPSA) is 88.5 Å². The molecule has 3 atom stereocenters. The Bertz CT molecular complexity index is 1740. The lowest BCUT2D eigenvalue weighted by atomic mass is 9.81. The van der Waals surface area contributed by atoms with E-state index < -0.39 is 17.1 Å². The zero-order chi connectivity index (χ0) is 29.8. The van der Waals surface area contributed by atoms with Gasteiger partial charge in [-0.05, 0) is 47.7 Å². The van der Waals surface area contributed by atoms with Crippen LogP contribution < -0.4 is 15.1 Å². The zero-order valence-corrected chi connectivity index (χ0v) is 25.4. The maximum Gasteiger partial charge on any atom is 0.308 e. The molecule has 9 heteroatoms. The minimum Gasteiger partial charge on any atom is -0.325 e. The Morgan fingerprint density at radius 2 is 1.55 bits per heavy atom. The van der Waals surface area contributed by atoms with E-state index in [4.69, 9.17) is 0 Å². The van der Waals surface area contributed by atoms with Crippen LogP contribution in [0.5, 0.6) is 0 Å². The van der Waals surface area contributed by atoms with Crippen molar-refractivity contribution in [1.29, 1.82) is 0 Å². The number of anilines is 2. The van der Waals surface area contributed by atoms with Crippen molar-refractivity contribution in [3.05, 3.63) is 110 Å². The van der Waals surface area contributed by atoms with Gasteiger partial charge in [0.15, 0.2) is 0 Å². The van der Waals surface area contributed by atoms with Gasteiger partial charge in [-0.1, -0.05) is 104 Å². The summed E-state index contributed by atoms with van der Waals surface area (Å²) in [6.45, 7) is 8.17. The van der Waals surface area contributed by atoms with E-state index in [1.807, 2.05) is 49.4 Å². The highest BCUT2D eigenvalue weighted by atomic mass is 32.2. The van der Waals surface area contributed by atoms with Crippen LogP contribution in [-0.2, 0) is 26.3 Å². The Balaban J connectivity index is 1.43. The van der Waals surface area contributed by atoms with Gasteiger partial charge in [-0.15, -0.1) is 0 Å². The van der Waals surface area contributed by atoms with E-state index in [2.05, 4.69) is 38.2 Å². The van der Waals surface area contributed by atoms with E-state index in [9.17, 15) is 19.2 Å². The monoisotopic (exact) mass is 597 g/mol. The van der Waals surface area contributed by atoms with Crippen LogP contribution in [0.1, 0.15) is 48.3 Å². The molecular formula is C33H31N3O4S2. The molecule has 0 aliphatic carbocycles. The van der Waals surface area contributed by atoms with Gasteiger partial charge >= 0.3 is 4.87 Å². The average Bonchev–Trinajstić information content (AvgIpc) is 3.40. The number of hydrogen-bond donors (Lipinski definition) is 1. The summed E-state index contributed by atoms with van der Waals surface area (Å²) in [6.07, 6.45) is 0. The molecule has 2 aliphatic rings. The van der Waals surface area contributed by atoms with Crippen LogP contribution in [0.2, 0.25) is 0 Å². The number of rotatable bonds is 5. The van der Waals surface area contributed by atoms with Crippen LogP contribution in [0.3, 0.4) is 0 Å². The molecule has 3 aromatic carbocycles. The molecule has 6 rings (SSSR count). The van der Waals surface area contributed by atoms with Gasteiger partial charge in [-0.2, -0.15) is 0 Å². The molecule has 0 spiro atoms. The number of thioether (sulfide) groups is 1. The summed E-state index contributed by atoms with van der Waals surface area (Å²) in [5.41, 5.74) is 4.16. The molecule has 2 aliphatic heterocycles. The lowest BCUT2D eigenvalue weighted by molar-refractivity contribution is -0.122. The van der Waals surface area contributed by atoms with Crippen LogP contribution >= 0.6 is 23.1 Å². The number of aryl methyl sites for hydroxylation is 1. The molecule has 2 unspecified atom stereocenters. The highest BCUT2D eigenvalue weighted by Gasteiger charge is 2.56. The first-order valence-corrected chi connectivity index (χ1v) is 15.5. The molecule has 3 amide bonds. The lowest BCUT2D eigenvalue weighted by Crippen LogP contribution is -2.33. The van der Waals surface area contributed by atoms with Crippen molar-refractivity contribution in [3.8, 4) is 0 Å². The van der Waals surface area contributed by atoms with E-state index in [1.165, 1.54) is 21.2 Å². The number of amides is 3. The number of para-hydroxylation sites is 1. The standard InChI is InChI=1S/C33H31N3O4S2/c1-19-10-16-23(17-11-19)36-29(38)26-25(20-12-14-21(15-13-20)33(2,3)4)28-31(41-27(26)30(36)39)35(32(40)42-28)18-24(37)34-22-8-6-5-7-9-22/h5-17,25-27H,18H2,1-4H3,(H,34,37)/t25-,26?,27?/m1/s1. The molecule has 3 heterocycles. The van der Waals surface area contributed by atoms with Gasteiger partial charge in [0.2, 0.25) is 17.7 Å². The van der Waals surface area contributed by atoms with Crippen molar-refractivity contribution in [2.75, 3.05) is 10.2 Å². The van der Waals surface area contributed by atoms with E-state index in [0.717, 1.165) is 28.0 Å². The molecule has 1 saturated heterocycles. The average molecular weight is 598 g/mol. The molecular weight excluding hydrogens is 567 g/mol. The zero-order valence-electron chi connectivity index (χ0n) is 23.8. The molecule has 4 aromatic rings. The number of aromatic nitrogens is 1. The van der Waals surface area contributed by atoms with Gasteiger partial charge < -0.3 is 5.32 Å². The summed E-state index contributed by atoms with van der Waals surface area (Å²) < 4.78 is 1.45. The largest absolute Gasteiger partial charge is 0.325 e. The molecule has 214 valence electrons. The Kier molecular flexibility index (Phi) is 7.19. The SMILES string of the molecule is Cc1ccc(N2C(=O)C3Sc4c(sc(=O)n4CC(=O)Nc4ccccc4)[C@H](c4ccc(C(C)(C)C)cc4)C3C2=O)cc1. The minimum absolute atomic E-state index is 0.0592. The number of nitrogens with one attached hydrogen (secondary N) is 1. The number of thiazole rings is 1. The predicted octanol–water partition coefficient (Wildman–Crippen LogP) is 5.95. The fourth-order valence-electron chi connectivity index (χ4n) is 5.62.